The average Bonchev–Trinajstić information content (AvgIpc) is 3.31. The summed E-state index contributed by atoms with van der Waals surface area (Å²) in [4.78, 5) is 24.3. The maximum Gasteiger partial charge on any atom is 0.251 e. The Bertz CT molecular complexity index is 579. The van der Waals surface area contributed by atoms with Gasteiger partial charge in [-0.3, -0.25) is 9.59 Å². The lowest BCUT2D eigenvalue weighted by atomic mass is 10.1. The zero-order chi connectivity index (χ0) is 16.8. The van der Waals surface area contributed by atoms with Crippen LogP contribution in [-0.2, 0) is 16.1 Å². The van der Waals surface area contributed by atoms with Crippen LogP contribution in [0, 0.1) is 0 Å². The van der Waals surface area contributed by atoms with Crippen molar-refractivity contribution in [1.82, 2.24) is 16.0 Å². The zero-order valence-electron chi connectivity index (χ0n) is 13.8. The molecular weight excluding hydrogens is 306 g/mol. The first-order valence-corrected chi connectivity index (χ1v) is 8.72. The average molecular weight is 331 g/mol. The molecule has 2 aliphatic heterocycles. The van der Waals surface area contributed by atoms with Crippen molar-refractivity contribution in [2.24, 2.45) is 0 Å². The molecule has 0 bridgehead atoms. The summed E-state index contributed by atoms with van der Waals surface area (Å²) in [5.74, 6) is -0.0723. The summed E-state index contributed by atoms with van der Waals surface area (Å²) in [6, 6.07) is 7.29. The van der Waals surface area contributed by atoms with E-state index in [2.05, 4.69) is 16.0 Å². The number of ether oxygens (including phenoxy) is 1. The number of carbonyl (C=O) groups is 2. The smallest absolute Gasteiger partial charge is 0.251 e. The van der Waals surface area contributed by atoms with E-state index in [1.54, 1.807) is 6.07 Å². The number of amides is 2. The van der Waals surface area contributed by atoms with E-state index in [0.717, 1.165) is 44.4 Å². The summed E-state index contributed by atoms with van der Waals surface area (Å²) in [6.07, 6.45) is 4.12. The molecule has 0 saturated carbocycles. The van der Waals surface area contributed by atoms with Gasteiger partial charge in [-0.25, -0.2) is 0 Å². The predicted octanol–water partition coefficient (Wildman–Crippen LogP) is 0.964. The van der Waals surface area contributed by atoms with E-state index in [1.807, 2.05) is 18.2 Å². The highest BCUT2D eigenvalue weighted by atomic mass is 16.5. The highest BCUT2D eigenvalue weighted by molar-refractivity contribution is 5.94. The number of carbonyl (C=O) groups excluding carboxylic acids is 2. The Labute approximate surface area is 142 Å². The molecule has 2 aliphatic rings. The van der Waals surface area contributed by atoms with Crippen LogP contribution in [0.15, 0.2) is 24.3 Å². The molecular formula is C18H25N3O3. The quantitative estimate of drug-likeness (QED) is 0.725. The van der Waals surface area contributed by atoms with Crippen LogP contribution in [0.5, 0.6) is 0 Å². The van der Waals surface area contributed by atoms with E-state index in [0.29, 0.717) is 18.7 Å². The van der Waals surface area contributed by atoms with Crippen LogP contribution >= 0.6 is 0 Å². The van der Waals surface area contributed by atoms with Crippen molar-refractivity contribution in [3.8, 4) is 0 Å². The van der Waals surface area contributed by atoms with Crippen molar-refractivity contribution in [1.29, 1.82) is 0 Å². The van der Waals surface area contributed by atoms with Gasteiger partial charge < -0.3 is 20.7 Å². The van der Waals surface area contributed by atoms with Crippen LogP contribution in [0.3, 0.4) is 0 Å². The third-order valence-electron chi connectivity index (χ3n) is 4.55. The molecule has 0 spiro atoms. The Kier molecular flexibility index (Phi) is 5.82. The van der Waals surface area contributed by atoms with Gasteiger partial charge in [-0.15, -0.1) is 0 Å². The van der Waals surface area contributed by atoms with Crippen molar-refractivity contribution in [2.75, 3.05) is 19.7 Å². The number of hydrogen-bond acceptors (Lipinski definition) is 4. The third-order valence-corrected chi connectivity index (χ3v) is 4.55. The Hall–Kier alpha value is -1.92. The van der Waals surface area contributed by atoms with Crippen molar-refractivity contribution in [3.63, 3.8) is 0 Å². The van der Waals surface area contributed by atoms with Gasteiger partial charge in [0.15, 0.2) is 0 Å². The van der Waals surface area contributed by atoms with E-state index in [9.17, 15) is 9.59 Å². The van der Waals surface area contributed by atoms with Gasteiger partial charge in [0, 0.05) is 25.3 Å². The summed E-state index contributed by atoms with van der Waals surface area (Å²) in [5, 5.41) is 9.02. The first kappa shape index (κ1) is 16.9. The Morgan fingerprint density at radius 2 is 2.12 bits per heavy atom. The Morgan fingerprint density at radius 3 is 2.88 bits per heavy atom. The molecule has 1 aromatic rings. The molecule has 2 unspecified atom stereocenters. The summed E-state index contributed by atoms with van der Waals surface area (Å²) in [6.45, 7) is 2.67. The van der Waals surface area contributed by atoms with Gasteiger partial charge in [0.2, 0.25) is 5.91 Å². The van der Waals surface area contributed by atoms with Gasteiger partial charge in [0.25, 0.3) is 5.91 Å². The topological polar surface area (TPSA) is 79.5 Å². The minimum absolute atomic E-state index is 0.0285. The fourth-order valence-corrected chi connectivity index (χ4v) is 3.16. The molecule has 24 heavy (non-hydrogen) atoms. The molecule has 2 saturated heterocycles. The molecule has 6 nitrogen and oxygen atoms in total. The molecule has 0 aliphatic carbocycles. The summed E-state index contributed by atoms with van der Waals surface area (Å²) >= 11 is 0. The maximum atomic E-state index is 12.2. The summed E-state index contributed by atoms with van der Waals surface area (Å²) in [5.41, 5.74) is 1.53. The second-order valence-corrected chi connectivity index (χ2v) is 6.41. The van der Waals surface area contributed by atoms with Crippen LogP contribution in [0.25, 0.3) is 0 Å². The van der Waals surface area contributed by atoms with Gasteiger partial charge in [-0.05, 0) is 49.9 Å². The standard InChI is InChI=1S/C18H25N3O3/c22-17(21-12-15-6-3-9-24-15)14-5-1-4-13(10-14)11-20-18(23)16-7-2-8-19-16/h1,4-5,10,15-16,19H,2-3,6-9,11-12H2,(H,20,23)(H,21,22). The van der Waals surface area contributed by atoms with Crippen LogP contribution < -0.4 is 16.0 Å². The first-order chi connectivity index (χ1) is 11.7. The molecule has 2 fully saturated rings. The molecule has 2 atom stereocenters. The van der Waals surface area contributed by atoms with Gasteiger partial charge in [-0.2, -0.15) is 0 Å². The lowest BCUT2D eigenvalue weighted by molar-refractivity contribution is -0.122. The molecule has 2 heterocycles. The van der Waals surface area contributed by atoms with Gasteiger partial charge >= 0.3 is 0 Å². The molecule has 130 valence electrons. The number of nitrogens with one attached hydrogen (secondary N) is 3. The Balaban J connectivity index is 1.49. The van der Waals surface area contributed by atoms with E-state index < -0.39 is 0 Å². The second-order valence-electron chi connectivity index (χ2n) is 6.41. The first-order valence-electron chi connectivity index (χ1n) is 8.72. The summed E-state index contributed by atoms with van der Waals surface area (Å²) in [7, 11) is 0. The molecule has 6 heteroatoms. The van der Waals surface area contributed by atoms with Crippen LogP contribution in [0.1, 0.15) is 41.6 Å². The molecule has 3 N–H and O–H groups in total. The van der Waals surface area contributed by atoms with Gasteiger partial charge in [0.05, 0.1) is 12.1 Å². The largest absolute Gasteiger partial charge is 0.376 e. The zero-order valence-corrected chi connectivity index (χ0v) is 13.8. The molecule has 0 aromatic heterocycles. The lowest BCUT2D eigenvalue weighted by Crippen LogP contribution is -2.40. The predicted molar refractivity (Wildman–Crippen MR) is 90.6 cm³/mol. The van der Waals surface area contributed by atoms with Crippen molar-refractivity contribution in [3.05, 3.63) is 35.4 Å². The number of benzene rings is 1. The molecule has 3 rings (SSSR count). The van der Waals surface area contributed by atoms with Crippen LogP contribution in [0.2, 0.25) is 0 Å². The maximum absolute atomic E-state index is 12.2. The van der Waals surface area contributed by atoms with Gasteiger partial charge in [-0.1, -0.05) is 12.1 Å². The van der Waals surface area contributed by atoms with Crippen molar-refractivity contribution in [2.45, 2.75) is 44.4 Å². The van der Waals surface area contributed by atoms with Gasteiger partial charge in [0.1, 0.15) is 0 Å². The lowest BCUT2D eigenvalue weighted by Gasteiger charge is -2.13. The monoisotopic (exact) mass is 331 g/mol. The molecule has 0 radical (unpaired) electrons. The van der Waals surface area contributed by atoms with E-state index in [4.69, 9.17) is 4.74 Å². The van der Waals surface area contributed by atoms with E-state index >= 15 is 0 Å². The number of rotatable bonds is 6. The highest BCUT2D eigenvalue weighted by Gasteiger charge is 2.21. The minimum Gasteiger partial charge on any atom is -0.376 e. The molecule has 2 amide bonds. The second kappa shape index (κ2) is 8.26. The highest BCUT2D eigenvalue weighted by Crippen LogP contribution is 2.11. The van der Waals surface area contributed by atoms with E-state index in [-0.39, 0.29) is 24.0 Å². The van der Waals surface area contributed by atoms with Crippen molar-refractivity contribution >= 4 is 11.8 Å². The van der Waals surface area contributed by atoms with E-state index in [1.165, 1.54) is 0 Å². The number of hydrogen-bond donors (Lipinski definition) is 3. The minimum atomic E-state index is -0.101. The van der Waals surface area contributed by atoms with Crippen LogP contribution in [-0.4, -0.2) is 43.7 Å². The summed E-state index contributed by atoms with van der Waals surface area (Å²) < 4.78 is 5.51. The Morgan fingerprint density at radius 1 is 1.21 bits per heavy atom. The third kappa shape index (κ3) is 4.55. The SMILES string of the molecule is O=C(NCC1CCCO1)c1cccc(CNC(=O)C2CCCN2)c1. The fraction of sp³-hybridized carbons (Fsp3) is 0.556. The van der Waals surface area contributed by atoms with Crippen molar-refractivity contribution < 1.29 is 14.3 Å². The van der Waals surface area contributed by atoms with Crippen LogP contribution in [0.4, 0.5) is 0 Å². The normalized spacial score (nSPS) is 23.2. The fourth-order valence-electron chi connectivity index (χ4n) is 3.16. The molecule has 1 aromatic carbocycles.